The van der Waals surface area contributed by atoms with E-state index in [2.05, 4.69) is 30.9 Å². The number of phenolic OH excluding ortho intramolecular Hbond substituents is 1. The minimum atomic E-state index is -1.29. The number of imidazole rings is 1. The molecule has 2 heterocycles. The molecule has 0 saturated heterocycles. The van der Waals surface area contributed by atoms with Crippen molar-refractivity contribution in [1.82, 2.24) is 30.9 Å². The Labute approximate surface area is 276 Å². The smallest absolute Gasteiger partial charge is 0.326 e. The van der Waals surface area contributed by atoms with E-state index in [1.54, 1.807) is 42.6 Å². The third-order valence-electron chi connectivity index (χ3n) is 7.97. The van der Waals surface area contributed by atoms with Crippen LogP contribution in [0.2, 0.25) is 0 Å². The van der Waals surface area contributed by atoms with Crippen molar-refractivity contribution in [2.45, 2.75) is 49.9 Å². The zero-order valence-electron chi connectivity index (χ0n) is 25.9. The number of aliphatic carboxylic acids is 1. The fourth-order valence-corrected chi connectivity index (χ4v) is 5.41. The van der Waals surface area contributed by atoms with E-state index in [1.165, 1.54) is 24.7 Å². The highest BCUT2D eigenvalue weighted by atomic mass is 16.4. The molecule has 248 valence electrons. The number of nitrogens with two attached hydrogens (primary N) is 1. The Morgan fingerprint density at radius 2 is 1.33 bits per heavy atom. The molecule has 0 aliphatic rings. The predicted molar refractivity (Wildman–Crippen MR) is 178 cm³/mol. The van der Waals surface area contributed by atoms with Crippen molar-refractivity contribution >= 4 is 34.6 Å². The number of amides is 3. The summed E-state index contributed by atoms with van der Waals surface area (Å²) in [7, 11) is 0. The van der Waals surface area contributed by atoms with Gasteiger partial charge in [-0.15, -0.1) is 0 Å². The largest absolute Gasteiger partial charge is 0.508 e. The van der Waals surface area contributed by atoms with Gasteiger partial charge in [-0.05, 0) is 41.3 Å². The molecule has 3 aromatic carbocycles. The Bertz CT molecular complexity index is 1840. The maximum Gasteiger partial charge on any atom is 0.326 e. The van der Waals surface area contributed by atoms with E-state index in [4.69, 9.17) is 5.73 Å². The van der Waals surface area contributed by atoms with E-state index in [0.717, 1.165) is 16.5 Å². The van der Waals surface area contributed by atoms with Crippen LogP contribution in [-0.4, -0.2) is 73.0 Å². The average molecular weight is 652 g/mol. The molecule has 5 rings (SSSR count). The van der Waals surface area contributed by atoms with Crippen molar-refractivity contribution in [3.8, 4) is 5.75 Å². The standard InChI is InChI=1S/C35H37N7O6/c36-27(14-22-10-12-25(43)13-11-22)32(44)40-30(17-24-19-37-20-39-24)34(46)41-29(15-21-6-2-1-3-7-21)33(45)42-31(35(47)48)16-23-18-38-28-9-5-4-8-26(23)28/h1-13,18-20,27,29-31,38,43H,14-17,36H2,(H,37,39)(H,40,44)(H,41,46)(H,42,45)(H,47,48). The number of carbonyl (C=O) groups excluding carboxylic acids is 3. The van der Waals surface area contributed by atoms with Gasteiger partial charge in [0.2, 0.25) is 17.7 Å². The highest BCUT2D eigenvalue weighted by molar-refractivity contribution is 5.94. The SMILES string of the molecule is NC(Cc1ccc(O)cc1)C(=O)NC(Cc1cnc[nH]1)C(=O)NC(Cc1ccccc1)C(=O)NC(Cc1c[nH]c2ccccc12)C(=O)O. The van der Waals surface area contributed by atoms with Gasteiger partial charge in [0, 0.05) is 48.3 Å². The maximum atomic E-state index is 13.8. The van der Waals surface area contributed by atoms with Gasteiger partial charge >= 0.3 is 5.97 Å². The zero-order chi connectivity index (χ0) is 34.0. The average Bonchev–Trinajstić information content (AvgIpc) is 3.75. The van der Waals surface area contributed by atoms with Gasteiger partial charge in [-0.3, -0.25) is 14.4 Å². The van der Waals surface area contributed by atoms with Gasteiger partial charge in [-0.25, -0.2) is 9.78 Å². The number of rotatable bonds is 15. The Morgan fingerprint density at radius 1 is 0.708 bits per heavy atom. The molecule has 0 bridgehead atoms. The summed E-state index contributed by atoms with van der Waals surface area (Å²) in [5.41, 5.74) is 9.73. The van der Waals surface area contributed by atoms with E-state index < -0.39 is 47.9 Å². The highest BCUT2D eigenvalue weighted by Crippen LogP contribution is 2.19. The third-order valence-corrected chi connectivity index (χ3v) is 7.97. The van der Waals surface area contributed by atoms with Crippen molar-refractivity contribution in [2.75, 3.05) is 0 Å². The Kier molecular flexibility index (Phi) is 10.8. The number of phenols is 1. The number of nitrogens with zero attached hydrogens (tertiary/aromatic N) is 1. The van der Waals surface area contributed by atoms with Crippen molar-refractivity contribution in [3.05, 3.63) is 120 Å². The molecule has 2 aromatic heterocycles. The molecule has 5 aromatic rings. The molecule has 0 aliphatic carbocycles. The summed E-state index contributed by atoms with van der Waals surface area (Å²) in [5.74, 6) is -3.12. The van der Waals surface area contributed by atoms with Crippen LogP contribution in [0.15, 0.2) is 97.6 Å². The second-order valence-corrected chi connectivity index (χ2v) is 11.5. The van der Waals surface area contributed by atoms with E-state index in [0.29, 0.717) is 16.8 Å². The first-order chi connectivity index (χ1) is 23.2. The number of hydrogen-bond donors (Lipinski definition) is 8. The van der Waals surface area contributed by atoms with Crippen LogP contribution in [-0.2, 0) is 44.9 Å². The quantitative estimate of drug-likeness (QED) is 0.0832. The van der Waals surface area contributed by atoms with Crippen molar-refractivity contribution in [2.24, 2.45) is 5.73 Å². The molecular formula is C35H37N7O6. The molecule has 13 nitrogen and oxygen atoms in total. The number of fused-ring (bicyclic) bond motifs is 1. The first-order valence-electron chi connectivity index (χ1n) is 15.4. The minimum Gasteiger partial charge on any atom is -0.508 e. The topological polar surface area (TPSA) is 215 Å². The van der Waals surface area contributed by atoms with Crippen LogP contribution in [0.5, 0.6) is 5.75 Å². The second kappa shape index (κ2) is 15.6. The van der Waals surface area contributed by atoms with Crippen LogP contribution in [0.25, 0.3) is 10.9 Å². The van der Waals surface area contributed by atoms with Gasteiger partial charge in [0.05, 0.1) is 12.4 Å². The fourth-order valence-electron chi connectivity index (χ4n) is 5.41. The monoisotopic (exact) mass is 651 g/mol. The Balaban J connectivity index is 1.33. The summed E-state index contributed by atoms with van der Waals surface area (Å²) in [5, 5.41) is 28.5. The lowest BCUT2D eigenvalue weighted by Gasteiger charge is -2.25. The summed E-state index contributed by atoms with van der Waals surface area (Å²) < 4.78 is 0. The van der Waals surface area contributed by atoms with Gasteiger partial charge in [0.1, 0.15) is 23.9 Å². The summed E-state index contributed by atoms with van der Waals surface area (Å²) in [6.45, 7) is 0. The van der Waals surface area contributed by atoms with Gasteiger partial charge in [0.15, 0.2) is 0 Å². The fraction of sp³-hybridized carbons (Fsp3) is 0.229. The number of carboxylic acid groups (broad SMARTS) is 1. The van der Waals surface area contributed by atoms with Crippen LogP contribution < -0.4 is 21.7 Å². The van der Waals surface area contributed by atoms with Gasteiger partial charge in [-0.1, -0.05) is 60.7 Å². The van der Waals surface area contributed by atoms with E-state index in [9.17, 15) is 29.4 Å². The summed E-state index contributed by atoms with van der Waals surface area (Å²) in [6, 6.07) is 18.1. The molecule has 0 radical (unpaired) electrons. The number of carbonyl (C=O) groups is 4. The number of carboxylic acids is 1. The number of benzene rings is 3. The summed E-state index contributed by atoms with van der Waals surface area (Å²) >= 11 is 0. The van der Waals surface area contributed by atoms with Gasteiger partial charge in [-0.2, -0.15) is 0 Å². The molecule has 4 unspecified atom stereocenters. The number of aromatic nitrogens is 3. The zero-order valence-corrected chi connectivity index (χ0v) is 25.9. The molecule has 4 atom stereocenters. The number of aromatic hydroxyl groups is 1. The third kappa shape index (κ3) is 8.85. The van der Waals surface area contributed by atoms with E-state index in [-0.39, 0.29) is 31.4 Å². The van der Waals surface area contributed by atoms with Gasteiger partial charge in [0.25, 0.3) is 0 Å². The summed E-state index contributed by atoms with van der Waals surface area (Å²) in [6.07, 6.45) is 4.90. The van der Waals surface area contributed by atoms with E-state index in [1.807, 2.05) is 30.3 Å². The second-order valence-electron chi connectivity index (χ2n) is 11.5. The van der Waals surface area contributed by atoms with Crippen LogP contribution in [0.3, 0.4) is 0 Å². The molecule has 0 spiro atoms. The highest BCUT2D eigenvalue weighted by Gasteiger charge is 2.31. The minimum absolute atomic E-state index is 0.00845. The van der Waals surface area contributed by atoms with Crippen molar-refractivity contribution < 1.29 is 29.4 Å². The first-order valence-corrected chi connectivity index (χ1v) is 15.4. The Hall–Kier alpha value is -5.95. The lowest BCUT2D eigenvalue weighted by atomic mass is 10.0. The van der Waals surface area contributed by atoms with Crippen LogP contribution in [0.1, 0.15) is 22.4 Å². The molecule has 13 heteroatoms. The number of para-hydroxylation sites is 1. The molecule has 0 saturated carbocycles. The number of hydrogen-bond acceptors (Lipinski definition) is 7. The van der Waals surface area contributed by atoms with Crippen LogP contribution in [0.4, 0.5) is 0 Å². The number of H-pyrrole nitrogens is 2. The molecular weight excluding hydrogens is 614 g/mol. The normalized spacial score (nSPS) is 13.6. The molecule has 0 fully saturated rings. The molecule has 0 aliphatic heterocycles. The van der Waals surface area contributed by atoms with Crippen LogP contribution >= 0.6 is 0 Å². The molecule has 48 heavy (non-hydrogen) atoms. The lowest BCUT2D eigenvalue weighted by Crippen LogP contribution is -2.58. The number of aromatic amines is 2. The molecule has 3 amide bonds. The predicted octanol–water partition coefficient (Wildman–Crippen LogP) is 1.73. The van der Waals surface area contributed by atoms with Crippen LogP contribution in [0, 0.1) is 0 Å². The first kappa shape index (κ1) is 33.4. The van der Waals surface area contributed by atoms with Crippen molar-refractivity contribution in [1.29, 1.82) is 0 Å². The maximum absolute atomic E-state index is 13.8. The Morgan fingerprint density at radius 3 is 2.02 bits per heavy atom. The lowest BCUT2D eigenvalue weighted by molar-refractivity contribution is -0.142. The summed E-state index contributed by atoms with van der Waals surface area (Å²) in [4.78, 5) is 63.1. The molecule has 9 N–H and O–H groups in total. The van der Waals surface area contributed by atoms with Crippen molar-refractivity contribution in [3.63, 3.8) is 0 Å². The van der Waals surface area contributed by atoms with E-state index >= 15 is 0 Å². The number of nitrogens with one attached hydrogen (secondary N) is 5. The van der Waals surface area contributed by atoms with Gasteiger partial charge < -0.3 is 41.9 Å².